The van der Waals surface area contributed by atoms with E-state index in [4.69, 9.17) is 5.73 Å². The van der Waals surface area contributed by atoms with E-state index >= 15 is 0 Å². The monoisotopic (exact) mass is 275 g/mol. The third-order valence-electron chi connectivity index (χ3n) is 2.76. The number of aliphatic hydroxyl groups is 1. The number of benzene rings is 1. The third kappa shape index (κ3) is 2.38. The van der Waals surface area contributed by atoms with E-state index in [0.29, 0.717) is 5.56 Å². The van der Waals surface area contributed by atoms with E-state index in [1.54, 1.807) is 32.9 Å². The van der Waals surface area contributed by atoms with Crippen molar-refractivity contribution < 1.29 is 9.50 Å². The molecule has 84 valence electrons. The van der Waals surface area contributed by atoms with E-state index in [2.05, 4.69) is 15.9 Å². The van der Waals surface area contributed by atoms with Crippen LogP contribution in [0.1, 0.15) is 26.3 Å². The SMILES string of the molecule is CC(C)(O)[C@](C)(N)c1cc(Br)ccc1F. The molecule has 3 N–H and O–H groups in total. The topological polar surface area (TPSA) is 46.2 Å². The predicted molar refractivity (Wildman–Crippen MR) is 61.9 cm³/mol. The Morgan fingerprint density at radius 3 is 2.33 bits per heavy atom. The van der Waals surface area contributed by atoms with Crippen molar-refractivity contribution in [3.63, 3.8) is 0 Å². The molecule has 2 nitrogen and oxygen atoms in total. The summed E-state index contributed by atoms with van der Waals surface area (Å²) in [6, 6.07) is 4.52. The molecule has 0 saturated carbocycles. The molecule has 0 spiro atoms. The van der Waals surface area contributed by atoms with Crippen LogP contribution in [-0.4, -0.2) is 10.7 Å². The van der Waals surface area contributed by atoms with Crippen molar-refractivity contribution in [1.82, 2.24) is 0 Å². The summed E-state index contributed by atoms with van der Waals surface area (Å²) in [5.74, 6) is -0.412. The van der Waals surface area contributed by atoms with Gasteiger partial charge in [-0.25, -0.2) is 4.39 Å². The van der Waals surface area contributed by atoms with Gasteiger partial charge in [-0.15, -0.1) is 0 Å². The molecule has 1 aromatic rings. The van der Waals surface area contributed by atoms with Gasteiger partial charge in [0.15, 0.2) is 0 Å². The largest absolute Gasteiger partial charge is 0.388 e. The molecule has 0 heterocycles. The molecular formula is C11H15BrFNO. The minimum Gasteiger partial charge on any atom is -0.388 e. The van der Waals surface area contributed by atoms with Crippen molar-refractivity contribution in [2.75, 3.05) is 0 Å². The highest BCUT2D eigenvalue weighted by Crippen LogP contribution is 2.32. The zero-order chi connectivity index (χ0) is 11.9. The fourth-order valence-electron chi connectivity index (χ4n) is 1.23. The summed E-state index contributed by atoms with van der Waals surface area (Å²) in [5, 5.41) is 9.91. The summed E-state index contributed by atoms with van der Waals surface area (Å²) in [5.41, 5.74) is 3.93. The summed E-state index contributed by atoms with van der Waals surface area (Å²) in [6.07, 6.45) is 0. The zero-order valence-corrected chi connectivity index (χ0v) is 10.6. The molecule has 0 aromatic heterocycles. The second-order valence-electron chi connectivity index (χ2n) is 4.39. The molecule has 0 bridgehead atoms. The van der Waals surface area contributed by atoms with Crippen molar-refractivity contribution in [2.24, 2.45) is 5.73 Å². The Labute approximate surface area is 97.4 Å². The highest BCUT2D eigenvalue weighted by Gasteiger charge is 2.39. The molecule has 1 rings (SSSR count). The second kappa shape index (κ2) is 3.85. The van der Waals surface area contributed by atoms with Gasteiger partial charge in [-0.3, -0.25) is 0 Å². The van der Waals surface area contributed by atoms with Crippen LogP contribution in [0.25, 0.3) is 0 Å². The first-order valence-corrected chi connectivity index (χ1v) is 5.42. The molecule has 0 amide bonds. The number of nitrogens with two attached hydrogens (primary N) is 1. The maximum atomic E-state index is 13.6. The van der Waals surface area contributed by atoms with Crippen LogP contribution in [0.2, 0.25) is 0 Å². The van der Waals surface area contributed by atoms with E-state index in [0.717, 1.165) is 4.47 Å². The maximum absolute atomic E-state index is 13.6. The Balaban J connectivity index is 3.32. The van der Waals surface area contributed by atoms with Crippen LogP contribution in [0.4, 0.5) is 4.39 Å². The molecule has 0 unspecified atom stereocenters. The summed E-state index contributed by atoms with van der Waals surface area (Å²) in [4.78, 5) is 0. The van der Waals surface area contributed by atoms with Gasteiger partial charge in [0.05, 0.1) is 11.1 Å². The van der Waals surface area contributed by atoms with Crippen molar-refractivity contribution in [3.05, 3.63) is 34.1 Å². The first kappa shape index (κ1) is 12.6. The van der Waals surface area contributed by atoms with Crippen LogP contribution in [0.15, 0.2) is 22.7 Å². The van der Waals surface area contributed by atoms with Crippen LogP contribution in [-0.2, 0) is 5.54 Å². The van der Waals surface area contributed by atoms with Crippen molar-refractivity contribution in [3.8, 4) is 0 Å². The normalized spacial score (nSPS) is 16.2. The van der Waals surface area contributed by atoms with E-state index < -0.39 is 17.0 Å². The molecule has 4 heteroatoms. The predicted octanol–water partition coefficient (Wildman–Crippen LogP) is 2.53. The van der Waals surface area contributed by atoms with Gasteiger partial charge in [-0.05, 0) is 39.0 Å². The Hall–Kier alpha value is -0.450. The molecule has 0 aliphatic heterocycles. The molecule has 0 saturated heterocycles. The number of hydrogen-bond acceptors (Lipinski definition) is 2. The molecule has 0 aliphatic carbocycles. The standard InChI is InChI=1S/C11H15BrFNO/c1-10(2,15)11(3,14)8-6-7(12)4-5-9(8)13/h4-6,15H,14H2,1-3H3/t11-/m1/s1. The van der Waals surface area contributed by atoms with E-state index in [1.165, 1.54) is 6.07 Å². The Morgan fingerprint density at radius 2 is 1.87 bits per heavy atom. The lowest BCUT2D eigenvalue weighted by molar-refractivity contribution is 0.00204. The van der Waals surface area contributed by atoms with Crippen molar-refractivity contribution in [2.45, 2.75) is 31.9 Å². The first-order chi connectivity index (χ1) is 6.66. The summed E-state index contributed by atoms with van der Waals surface area (Å²) >= 11 is 3.25. The van der Waals surface area contributed by atoms with Gasteiger partial charge in [-0.2, -0.15) is 0 Å². The van der Waals surface area contributed by atoms with Gasteiger partial charge in [0, 0.05) is 10.0 Å². The van der Waals surface area contributed by atoms with Crippen LogP contribution in [0.3, 0.4) is 0 Å². The van der Waals surface area contributed by atoms with Crippen molar-refractivity contribution >= 4 is 15.9 Å². The summed E-state index contributed by atoms with van der Waals surface area (Å²) in [7, 11) is 0. The van der Waals surface area contributed by atoms with Crippen LogP contribution >= 0.6 is 15.9 Å². The quantitative estimate of drug-likeness (QED) is 0.872. The molecule has 0 radical (unpaired) electrons. The summed E-state index contributed by atoms with van der Waals surface area (Å²) < 4.78 is 14.3. The first-order valence-electron chi connectivity index (χ1n) is 4.63. The second-order valence-corrected chi connectivity index (χ2v) is 5.30. The number of rotatable bonds is 2. The smallest absolute Gasteiger partial charge is 0.128 e. The summed E-state index contributed by atoms with van der Waals surface area (Å²) in [6.45, 7) is 4.73. The molecular weight excluding hydrogens is 261 g/mol. The van der Waals surface area contributed by atoms with Crippen LogP contribution < -0.4 is 5.73 Å². The number of hydrogen-bond donors (Lipinski definition) is 2. The highest BCUT2D eigenvalue weighted by atomic mass is 79.9. The molecule has 1 atom stereocenters. The van der Waals surface area contributed by atoms with E-state index in [1.807, 2.05) is 0 Å². The Bertz CT molecular complexity index is 371. The average molecular weight is 276 g/mol. The van der Waals surface area contributed by atoms with Crippen LogP contribution in [0.5, 0.6) is 0 Å². The lowest BCUT2D eigenvalue weighted by Gasteiger charge is -2.37. The average Bonchev–Trinajstić information content (AvgIpc) is 2.07. The van der Waals surface area contributed by atoms with Gasteiger partial charge in [-0.1, -0.05) is 15.9 Å². The van der Waals surface area contributed by atoms with Gasteiger partial charge in [0.25, 0.3) is 0 Å². The van der Waals surface area contributed by atoms with Gasteiger partial charge in [0.1, 0.15) is 5.82 Å². The third-order valence-corrected chi connectivity index (χ3v) is 3.25. The minimum absolute atomic E-state index is 0.296. The molecule has 0 aliphatic rings. The van der Waals surface area contributed by atoms with Crippen LogP contribution in [0, 0.1) is 5.82 Å². The fourth-order valence-corrected chi connectivity index (χ4v) is 1.59. The number of halogens is 2. The molecule has 0 fully saturated rings. The Kier molecular flexibility index (Phi) is 3.24. The zero-order valence-electron chi connectivity index (χ0n) is 9.01. The highest BCUT2D eigenvalue weighted by molar-refractivity contribution is 9.10. The lowest BCUT2D eigenvalue weighted by atomic mass is 9.79. The van der Waals surface area contributed by atoms with Gasteiger partial charge in [0.2, 0.25) is 0 Å². The fraction of sp³-hybridized carbons (Fsp3) is 0.455. The van der Waals surface area contributed by atoms with Gasteiger partial charge >= 0.3 is 0 Å². The molecule has 1 aromatic carbocycles. The lowest BCUT2D eigenvalue weighted by Crippen LogP contribution is -2.52. The van der Waals surface area contributed by atoms with Gasteiger partial charge < -0.3 is 10.8 Å². The van der Waals surface area contributed by atoms with Crippen molar-refractivity contribution in [1.29, 1.82) is 0 Å². The molecule has 15 heavy (non-hydrogen) atoms. The van der Waals surface area contributed by atoms with E-state index in [-0.39, 0.29) is 0 Å². The van der Waals surface area contributed by atoms with E-state index in [9.17, 15) is 9.50 Å². The Morgan fingerprint density at radius 1 is 1.33 bits per heavy atom. The minimum atomic E-state index is -1.20. The maximum Gasteiger partial charge on any atom is 0.128 e.